The molecule has 28 heavy (non-hydrogen) atoms. The van der Waals surface area contributed by atoms with Crippen LogP contribution in [-0.4, -0.2) is 28.4 Å². The molecule has 3 rings (SSSR count). The summed E-state index contributed by atoms with van der Waals surface area (Å²) >= 11 is 5.89. The number of para-hydroxylation sites is 1. The molecule has 0 saturated heterocycles. The Bertz CT molecular complexity index is 1160. The first-order chi connectivity index (χ1) is 13.3. The number of carbonyl (C=O) groups excluding carboxylic acids is 2. The molecule has 0 fully saturated rings. The molecule has 0 spiro atoms. The maximum absolute atomic E-state index is 12.3. The Labute approximate surface area is 162 Å². The number of nitro benzene ring substituents is 1. The number of nitro groups is 1. The van der Waals surface area contributed by atoms with Gasteiger partial charge in [-0.05, 0) is 12.1 Å². The fourth-order valence-electron chi connectivity index (χ4n) is 2.49. The number of esters is 1. The molecule has 0 atom stereocenters. The van der Waals surface area contributed by atoms with Crippen LogP contribution in [0.25, 0.3) is 10.9 Å². The number of anilines is 1. The average molecular weight is 402 g/mol. The minimum absolute atomic E-state index is 0.0283. The van der Waals surface area contributed by atoms with Crippen molar-refractivity contribution in [3.63, 3.8) is 0 Å². The standard InChI is InChI=1S/C18H12ClN3O6/c19-13-7-10(22(26)27)5-6-15(13)21-17(24)9-28-18(25)12-8-16(23)20-14-4-2-1-3-11(12)14/h1-8H,9H2,(H,20,23)(H,21,24). The van der Waals surface area contributed by atoms with E-state index >= 15 is 0 Å². The molecule has 2 aromatic carbocycles. The van der Waals surface area contributed by atoms with Gasteiger partial charge in [0, 0.05) is 29.1 Å². The van der Waals surface area contributed by atoms with E-state index in [1.54, 1.807) is 24.3 Å². The van der Waals surface area contributed by atoms with Crippen molar-refractivity contribution in [1.82, 2.24) is 4.98 Å². The maximum Gasteiger partial charge on any atom is 0.339 e. The lowest BCUT2D eigenvalue weighted by Crippen LogP contribution is -2.22. The van der Waals surface area contributed by atoms with Gasteiger partial charge in [0.15, 0.2) is 6.61 Å². The lowest BCUT2D eigenvalue weighted by Gasteiger charge is -2.09. The summed E-state index contributed by atoms with van der Waals surface area (Å²) in [6.07, 6.45) is 0. The second-order valence-corrected chi connectivity index (χ2v) is 6.05. The zero-order valence-electron chi connectivity index (χ0n) is 14.1. The molecule has 0 aliphatic rings. The van der Waals surface area contributed by atoms with Gasteiger partial charge in [0.25, 0.3) is 11.6 Å². The van der Waals surface area contributed by atoms with Gasteiger partial charge in [0.2, 0.25) is 5.56 Å². The first-order valence-electron chi connectivity index (χ1n) is 7.88. The first-order valence-corrected chi connectivity index (χ1v) is 8.26. The molecule has 142 valence electrons. The zero-order valence-corrected chi connectivity index (χ0v) is 14.9. The fourth-order valence-corrected chi connectivity index (χ4v) is 2.71. The number of hydrogen-bond acceptors (Lipinski definition) is 6. The molecule has 3 aromatic rings. The molecule has 1 heterocycles. The second-order valence-electron chi connectivity index (χ2n) is 5.64. The van der Waals surface area contributed by atoms with Crippen LogP contribution in [-0.2, 0) is 9.53 Å². The van der Waals surface area contributed by atoms with Gasteiger partial charge < -0.3 is 15.0 Å². The summed E-state index contributed by atoms with van der Waals surface area (Å²) in [5.74, 6) is -1.54. The van der Waals surface area contributed by atoms with Crippen LogP contribution in [0.5, 0.6) is 0 Å². The van der Waals surface area contributed by atoms with Crippen molar-refractivity contribution >= 4 is 45.8 Å². The van der Waals surface area contributed by atoms with E-state index in [4.69, 9.17) is 16.3 Å². The van der Waals surface area contributed by atoms with Crippen molar-refractivity contribution in [1.29, 1.82) is 0 Å². The average Bonchev–Trinajstić information content (AvgIpc) is 2.66. The van der Waals surface area contributed by atoms with Crippen LogP contribution in [0.4, 0.5) is 11.4 Å². The molecule has 2 N–H and O–H groups in total. The van der Waals surface area contributed by atoms with E-state index < -0.39 is 29.0 Å². The Kier molecular flexibility index (Phi) is 5.37. The fraction of sp³-hybridized carbons (Fsp3) is 0.0556. The molecule has 1 amide bonds. The molecule has 0 saturated carbocycles. The van der Waals surface area contributed by atoms with Crippen LogP contribution in [0.15, 0.2) is 53.3 Å². The number of fused-ring (bicyclic) bond motifs is 1. The van der Waals surface area contributed by atoms with Crippen LogP contribution >= 0.6 is 11.6 Å². The largest absolute Gasteiger partial charge is 0.452 e. The van der Waals surface area contributed by atoms with Crippen LogP contribution in [0.3, 0.4) is 0 Å². The molecule has 0 aliphatic heterocycles. The lowest BCUT2D eigenvalue weighted by molar-refractivity contribution is -0.384. The monoisotopic (exact) mass is 401 g/mol. The number of pyridine rings is 1. The number of ether oxygens (including phenoxy) is 1. The van der Waals surface area contributed by atoms with Crippen molar-refractivity contribution in [3.8, 4) is 0 Å². The number of amides is 1. The number of nitrogens with zero attached hydrogens (tertiary/aromatic N) is 1. The second kappa shape index (κ2) is 7.89. The smallest absolute Gasteiger partial charge is 0.339 e. The van der Waals surface area contributed by atoms with Gasteiger partial charge in [-0.3, -0.25) is 19.7 Å². The van der Waals surface area contributed by atoms with E-state index in [1.807, 2.05) is 0 Å². The number of non-ortho nitro benzene ring substituents is 1. The zero-order chi connectivity index (χ0) is 20.3. The van der Waals surface area contributed by atoms with Crippen molar-refractivity contribution in [3.05, 3.63) is 79.6 Å². The Morgan fingerprint density at radius 3 is 2.64 bits per heavy atom. The van der Waals surface area contributed by atoms with E-state index in [0.717, 1.165) is 12.1 Å². The van der Waals surface area contributed by atoms with Crippen LogP contribution in [0, 0.1) is 10.1 Å². The van der Waals surface area contributed by atoms with E-state index in [-0.39, 0.29) is 22.0 Å². The van der Waals surface area contributed by atoms with Crippen molar-refractivity contribution in [2.45, 2.75) is 0 Å². The summed E-state index contributed by atoms with van der Waals surface area (Å²) in [6.45, 7) is -0.632. The topological polar surface area (TPSA) is 131 Å². The van der Waals surface area contributed by atoms with E-state index in [0.29, 0.717) is 10.9 Å². The molecular weight excluding hydrogens is 390 g/mol. The summed E-state index contributed by atoms with van der Waals surface area (Å²) in [7, 11) is 0. The van der Waals surface area contributed by atoms with Crippen LogP contribution in [0.2, 0.25) is 5.02 Å². The van der Waals surface area contributed by atoms with Gasteiger partial charge in [0.1, 0.15) is 0 Å². The Balaban J connectivity index is 1.69. The lowest BCUT2D eigenvalue weighted by atomic mass is 10.1. The molecule has 1 aromatic heterocycles. The third-order valence-electron chi connectivity index (χ3n) is 3.74. The van der Waals surface area contributed by atoms with Gasteiger partial charge >= 0.3 is 5.97 Å². The Hall–Kier alpha value is -3.72. The number of aromatic amines is 1. The normalized spacial score (nSPS) is 10.5. The van der Waals surface area contributed by atoms with E-state index in [2.05, 4.69) is 10.3 Å². The highest BCUT2D eigenvalue weighted by Gasteiger charge is 2.16. The number of halogens is 1. The SMILES string of the molecule is O=C(COC(=O)c1cc(=O)[nH]c2ccccc12)Nc1ccc([N+](=O)[O-])cc1Cl. The van der Waals surface area contributed by atoms with Gasteiger partial charge in [-0.2, -0.15) is 0 Å². The highest BCUT2D eigenvalue weighted by molar-refractivity contribution is 6.34. The van der Waals surface area contributed by atoms with Crippen molar-refractivity contribution < 1.29 is 19.2 Å². The number of H-pyrrole nitrogens is 1. The highest BCUT2D eigenvalue weighted by Crippen LogP contribution is 2.26. The van der Waals surface area contributed by atoms with Crippen LogP contribution in [0.1, 0.15) is 10.4 Å². The highest BCUT2D eigenvalue weighted by atomic mass is 35.5. The number of aromatic nitrogens is 1. The van der Waals surface area contributed by atoms with Gasteiger partial charge in [0.05, 0.1) is 21.2 Å². The summed E-state index contributed by atoms with van der Waals surface area (Å²) in [5.41, 5.74) is -0.0807. The Morgan fingerprint density at radius 1 is 1.18 bits per heavy atom. The number of nitrogens with one attached hydrogen (secondary N) is 2. The van der Waals surface area contributed by atoms with Gasteiger partial charge in [-0.15, -0.1) is 0 Å². The third kappa shape index (κ3) is 4.15. The number of benzene rings is 2. The number of carbonyl (C=O) groups is 2. The minimum atomic E-state index is -0.841. The summed E-state index contributed by atoms with van der Waals surface area (Å²) in [5, 5.41) is 13.5. The molecule has 10 heteroatoms. The van der Waals surface area contributed by atoms with Gasteiger partial charge in [-0.25, -0.2) is 4.79 Å². The number of hydrogen-bond donors (Lipinski definition) is 2. The minimum Gasteiger partial charge on any atom is -0.452 e. The molecular formula is C18H12ClN3O6. The van der Waals surface area contributed by atoms with Crippen LogP contribution < -0.4 is 10.9 Å². The van der Waals surface area contributed by atoms with Crippen molar-refractivity contribution in [2.75, 3.05) is 11.9 Å². The molecule has 0 bridgehead atoms. The predicted octanol–water partition coefficient (Wildman–Crippen LogP) is 2.89. The number of rotatable bonds is 5. The van der Waals surface area contributed by atoms with E-state index in [9.17, 15) is 24.5 Å². The van der Waals surface area contributed by atoms with Crippen molar-refractivity contribution in [2.24, 2.45) is 0 Å². The van der Waals surface area contributed by atoms with Gasteiger partial charge in [-0.1, -0.05) is 29.8 Å². The summed E-state index contributed by atoms with van der Waals surface area (Å²) in [4.78, 5) is 48.7. The predicted molar refractivity (Wildman–Crippen MR) is 102 cm³/mol. The quantitative estimate of drug-likeness (QED) is 0.384. The molecule has 0 aliphatic carbocycles. The molecule has 0 unspecified atom stereocenters. The summed E-state index contributed by atoms with van der Waals surface area (Å²) < 4.78 is 4.97. The first kappa shape index (κ1) is 19.1. The molecule has 9 nitrogen and oxygen atoms in total. The van der Waals surface area contributed by atoms with E-state index in [1.165, 1.54) is 12.1 Å². The summed E-state index contributed by atoms with van der Waals surface area (Å²) in [6, 6.07) is 11.3. The Morgan fingerprint density at radius 2 is 1.93 bits per heavy atom. The maximum atomic E-state index is 12.3. The molecule has 0 radical (unpaired) electrons. The third-order valence-corrected chi connectivity index (χ3v) is 4.06.